The zero-order valence-corrected chi connectivity index (χ0v) is 15.1. The van der Waals surface area contributed by atoms with Crippen molar-refractivity contribution in [2.75, 3.05) is 26.8 Å². The Morgan fingerprint density at radius 1 is 1.08 bits per heavy atom. The fourth-order valence-corrected chi connectivity index (χ4v) is 3.19. The number of nitrogens with one attached hydrogen (secondary N) is 1. The average Bonchev–Trinajstić information content (AvgIpc) is 2.94. The Kier molecular flexibility index (Phi) is 7.50. The van der Waals surface area contributed by atoms with Gasteiger partial charge in [-0.2, -0.15) is 0 Å². The summed E-state index contributed by atoms with van der Waals surface area (Å²) < 4.78 is 7.38. The molecule has 1 heterocycles. The first-order valence-electron chi connectivity index (χ1n) is 8.77. The van der Waals surface area contributed by atoms with E-state index in [-0.39, 0.29) is 0 Å². The molecule has 24 heavy (non-hydrogen) atoms. The minimum atomic E-state index is -0.415. The summed E-state index contributed by atoms with van der Waals surface area (Å²) in [5.41, 5.74) is 2.61. The van der Waals surface area contributed by atoms with Gasteiger partial charge in [0.1, 0.15) is 19.2 Å². The predicted molar refractivity (Wildman–Crippen MR) is 97.1 cm³/mol. The molecule has 2 atom stereocenters. The Morgan fingerprint density at radius 2 is 1.83 bits per heavy atom. The van der Waals surface area contributed by atoms with Crippen molar-refractivity contribution in [1.82, 2.24) is 4.57 Å². The SMILES string of the molecule is COC[C@H](O)C[NH+](Cc1cccn1Cc1ccccc1)CC(C)C. The zero-order valence-electron chi connectivity index (χ0n) is 15.1. The molecule has 2 N–H and O–H groups in total. The van der Waals surface area contributed by atoms with Crippen molar-refractivity contribution in [3.63, 3.8) is 0 Å². The lowest BCUT2D eigenvalue weighted by molar-refractivity contribution is -0.920. The average molecular weight is 331 g/mol. The number of aliphatic hydroxyl groups is 1. The van der Waals surface area contributed by atoms with Crippen molar-refractivity contribution in [3.8, 4) is 0 Å². The number of aromatic nitrogens is 1. The van der Waals surface area contributed by atoms with Crippen LogP contribution < -0.4 is 4.90 Å². The molecule has 2 aromatic rings. The summed E-state index contributed by atoms with van der Waals surface area (Å²) in [4.78, 5) is 1.39. The molecule has 0 saturated carbocycles. The fourth-order valence-electron chi connectivity index (χ4n) is 3.19. The third-order valence-electron chi connectivity index (χ3n) is 4.13. The van der Waals surface area contributed by atoms with E-state index in [2.05, 4.69) is 61.0 Å². The fraction of sp³-hybridized carbons (Fsp3) is 0.500. The van der Waals surface area contributed by atoms with Crippen molar-refractivity contribution >= 4 is 0 Å². The van der Waals surface area contributed by atoms with Gasteiger partial charge >= 0.3 is 0 Å². The third-order valence-corrected chi connectivity index (χ3v) is 4.13. The summed E-state index contributed by atoms with van der Waals surface area (Å²) >= 11 is 0. The summed E-state index contributed by atoms with van der Waals surface area (Å²) in [7, 11) is 1.64. The van der Waals surface area contributed by atoms with Gasteiger partial charge < -0.3 is 19.3 Å². The first kappa shape index (κ1) is 18.7. The van der Waals surface area contributed by atoms with Crippen LogP contribution in [0.3, 0.4) is 0 Å². The quantitative estimate of drug-likeness (QED) is 0.694. The molecule has 0 fully saturated rings. The summed E-state index contributed by atoms with van der Waals surface area (Å²) in [6, 6.07) is 14.8. The topological polar surface area (TPSA) is 38.8 Å². The van der Waals surface area contributed by atoms with Gasteiger partial charge in [-0.05, 0) is 17.7 Å². The smallest absolute Gasteiger partial charge is 0.126 e. The molecule has 1 aromatic carbocycles. The van der Waals surface area contributed by atoms with E-state index >= 15 is 0 Å². The molecule has 0 bridgehead atoms. The van der Waals surface area contributed by atoms with Crippen LogP contribution in [-0.4, -0.2) is 42.6 Å². The maximum absolute atomic E-state index is 10.1. The van der Waals surface area contributed by atoms with E-state index in [1.54, 1.807) is 7.11 Å². The molecule has 2 rings (SSSR count). The number of aliphatic hydroxyl groups excluding tert-OH is 1. The molecule has 0 radical (unpaired) electrons. The first-order valence-corrected chi connectivity index (χ1v) is 8.77. The second-order valence-electron chi connectivity index (χ2n) is 6.95. The number of hydrogen-bond acceptors (Lipinski definition) is 2. The largest absolute Gasteiger partial charge is 0.385 e. The van der Waals surface area contributed by atoms with Crippen molar-refractivity contribution in [2.45, 2.75) is 33.0 Å². The lowest BCUT2D eigenvalue weighted by atomic mass is 10.2. The number of quaternary nitrogens is 1. The van der Waals surface area contributed by atoms with E-state index in [0.29, 0.717) is 19.1 Å². The summed E-state index contributed by atoms with van der Waals surface area (Å²) in [6.45, 7) is 8.40. The number of benzene rings is 1. The highest BCUT2D eigenvalue weighted by Crippen LogP contribution is 2.07. The number of ether oxygens (including phenoxy) is 1. The molecule has 0 spiro atoms. The minimum Gasteiger partial charge on any atom is -0.385 e. The second-order valence-corrected chi connectivity index (χ2v) is 6.95. The van der Waals surface area contributed by atoms with Crippen molar-refractivity contribution in [2.24, 2.45) is 5.92 Å². The minimum absolute atomic E-state index is 0.395. The number of nitrogens with zero attached hydrogens (tertiary/aromatic N) is 1. The highest BCUT2D eigenvalue weighted by molar-refractivity contribution is 5.17. The van der Waals surface area contributed by atoms with Crippen LogP contribution in [-0.2, 0) is 17.8 Å². The summed E-state index contributed by atoms with van der Waals surface area (Å²) in [6.07, 6.45) is 1.72. The summed E-state index contributed by atoms with van der Waals surface area (Å²) in [5.74, 6) is 0.590. The Bertz CT molecular complexity index is 580. The molecule has 0 aliphatic rings. The van der Waals surface area contributed by atoms with Crippen LogP contribution >= 0.6 is 0 Å². The van der Waals surface area contributed by atoms with Gasteiger partial charge in [-0.1, -0.05) is 44.2 Å². The van der Waals surface area contributed by atoms with E-state index in [0.717, 1.165) is 19.6 Å². The predicted octanol–water partition coefficient (Wildman–Crippen LogP) is 1.58. The van der Waals surface area contributed by atoms with E-state index < -0.39 is 6.10 Å². The van der Waals surface area contributed by atoms with Crippen molar-refractivity contribution in [3.05, 3.63) is 59.9 Å². The third kappa shape index (κ3) is 6.11. The van der Waals surface area contributed by atoms with Crippen LogP contribution in [0.5, 0.6) is 0 Å². The number of methoxy groups -OCH3 is 1. The van der Waals surface area contributed by atoms with Crippen LogP contribution in [0.4, 0.5) is 0 Å². The van der Waals surface area contributed by atoms with E-state index in [1.165, 1.54) is 16.2 Å². The van der Waals surface area contributed by atoms with Crippen LogP contribution in [0.15, 0.2) is 48.7 Å². The molecule has 4 heteroatoms. The van der Waals surface area contributed by atoms with E-state index in [4.69, 9.17) is 4.74 Å². The second kappa shape index (κ2) is 9.62. The molecule has 1 aromatic heterocycles. The lowest BCUT2D eigenvalue weighted by Crippen LogP contribution is -3.12. The molecule has 0 aliphatic heterocycles. The van der Waals surface area contributed by atoms with Crippen LogP contribution in [0.25, 0.3) is 0 Å². The van der Waals surface area contributed by atoms with E-state index in [1.807, 2.05) is 6.07 Å². The van der Waals surface area contributed by atoms with Gasteiger partial charge in [-0.25, -0.2) is 0 Å². The Labute approximate surface area is 145 Å². The standard InChI is InChI=1S/C20H30N2O2/c1-17(2)12-21(15-20(23)16-24-3)14-19-10-7-11-22(19)13-18-8-5-4-6-9-18/h4-11,17,20,23H,12-16H2,1-3H3/p+1/t20-/m1/s1. The Hall–Kier alpha value is -1.62. The van der Waals surface area contributed by atoms with Gasteiger partial charge in [0, 0.05) is 25.8 Å². The van der Waals surface area contributed by atoms with Gasteiger partial charge in [0.2, 0.25) is 0 Å². The molecule has 1 unspecified atom stereocenters. The monoisotopic (exact) mass is 331 g/mol. The molecular formula is C20H31N2O2+. The highest BCUT2D eigenvalue weighted by atomic mass is 16.5. The molecule has 132 valence electrons. The Balaban J connectivity index is 2.04. The van der Waals surface area contributed by atoms with Crippen molar-refractivity contribution < 1.29 is 14.7 Å². The number of hydrogen-bond donors (Lipinski definition) is 2. The molecule has 0 saturated heterocycles. The number of rotatable bonds is 10. The zero-order chi connectivity index (χ0) is 17.4. The van der Waals surface area contributed by atoms with Crippen molar-refractivity contribution in [1.29, 1.82) is 0 Å². The van der Waals surface area contributed by atoms with Crippen LogP contribution in [0.2, 0.25) is 0 Å². The van der Waals surface area contributed by atoms with Gasteiger partial charge in [0.25, 0.3) is 0 Å². The van der Waals surface area contributed by atoms with E-state index in [9.17, 15) is 5.11 Å². The Morgan fingerprint density at radius 3 is 2.50 bits per heavy atom. The highest BCUT2D eigenvalue weighted by Gasteiger charge is 2.18. The van der Waals surface area contributed by atoms with Crippen LogP contribution in [0, 0.1) is 5.92 Å². The first-order chi connectivity index (χ1) is 11.6. The molecule has 0 aliphatic carbocycles. The summed E-state index contributed by atoms with van der Waals surface area (Å²) in [5, 5.41) is 10.1. The van der Waals surface area contributed by atoms with Gasteiger partial charge in [-0.15, -0.1) is 0 Å². The lowest BCUT2D eigenvalue weighted by Gasteiger charge is -2.24. The normalized spacial score (nSPS) is 14.0. The van der Waals surface area contributed by atoms with Gasteiger partial charge in [0.05, 0.1) is 18.8 Å². The molecule has 0 amide bonds. The molecule has 4 nitrogen and oxygen atoms in total. The van der Waals surface area contributed by atoms with Gasteiger partial charge in [0.15, 0.2) is 0 Å². The molecular weight excluding hydrogens is 300 g/mol. The maximum Gasteiger partial charge on any atom is 0.126 e. The van der Waals surface area contributed by atoms with Gasteiger partial charge in [-0.3, -0.25) is 0 Å². The maximum atomic E-state index is 10.1. The van der Waals surface area contributed by atoms with Crippen LogP contribution in [0.1, 0.15) is 25.1 Å².